The fourth-order valence-corrected chi connectivity index (χ4v) is 16.1. The first kappa shape index (κ1) is 67.7. The highest BCUT2D eigenvalue weighted by atomic mass is 15.1. The summed E-state index contributed by atoms with van der Waals surface area (Å²) in [4.78, 5) is 4.74. The number of aromatic nitrogens is 2. The van der Waals surface area contributed by atoms with Crippen LogP contribution in [0.1, 0.15) is 0 Å². The normalized spacial score (nSPS) is 11.2. The van der Waals surface area contributed by atoms with E-state index in [1.807, 2.05) is 0 Å². The van der Waals surface area contributed by atoms with Crippen molar-refractivity contribution in [2.75, 3.05) is 9.80 Å². The van der Waals surface area contributed by atoms with Crippen LogP contribution in [0.4, 0.5) is 34.1 Å². The maximum absolute atomic E-state index is 2.38. The topological polar surface area (TPSA) is 16.3 Å². The molecule has 528 valence electrons. The van der Waals surface area contributed by atoms with E-state index in [2.05, 4.69) is 480 Å². The number of benzene rings is 18. The van der Waals surface area contributed by atoms with E-state index in [-0.39, 0.29) is 0 Å². The first-order valence-corrected chi connectivity index (χ1v) is 38.4. The van der Waals surface area contributed by atoms with Crippen LogP contribution in [-0.2, 0) is 0 Å². The van der Waals surface area contributed by atoms with Gasteiger partial charge in [-0.15, -0.1) is 0 Å². The van der Waals surface area contributed by atoms with Gasteiger partial charge in [0, 0.05) is 66.9 Å². The van der Waals surface area contributed by atoms with Crippen LogP contribution in [0, 0.1) is 0 Å². The number of anilines is 6. The molecule has 0 bridgehead atoms. The smallest absolute Gasteiger partial charge is 0.0541 e. The molecule has 0 fully saturated rings. The lowest BCUT2D eigenvalue weighted by Gasteiger charge is -2.28. The summed E-state index contributed by atoms with van der Waals surface area (Å²) in [5.41, 5.74) is 32.8. The van der Waals surface area contributed by atoms with E-state index in [1.54, 1.807) is 0 Å². The van der Waals surface area contributed by atoms with Gasteiger partial charge in [-0.3, -0.25) is 0 Å². The van der Waals surface area contributed by atoms with Gasteiger partial charge in [0.1, 0.15) is 0 Å². The Balaban J connectivity index is 0.000000151. The number of rotatable bonds is 16. The minimum atomic E-state index is 1.09. The molecule has 0 aliphatic heterocycles. The maximum Gasteiger partial charge on any atom is 0.0541 e. The Bertz CT molecular complexity index is 6560. The van der Waals surface area contributed by atoms with Crippen LogP contribution in [0.3, 0.4) is 0 Å². The Hall–Kier alpha value is -14.8. The molecule has 0 aliphatic carbocycles. The zero-order valence-corrected chi connectivity index (χ0v) is 61.7. The summed E-state index contributed by atoms with van der Waals surface area (Å²) in [6.07, 6.45) is 0. The summed E-state index contributed by atoms with van der Waals surface area (Å²) in [6, 6.07) is 166. The fraction of sp³-hybridized carbons (Fsp3) is 0. The summed E-state index contributed by atoms with van der Waals surface area (Å²) in [5.74, 6) is 0. The Kier molecular flexibility index (Phi) is 18.4. The van der Waals surface area contributed by atoms with Gasteiger partial charge >= 0.3 is 0 Å². The molecular formula is C108H76N4. The van der Waals surface area contributed by atoms with Crippen LogP contribution >= 0.6 is 0 Å². The van der Waals surface area contributed by atoms with Gasteiger partial charge in [-0.2, -0.15) is 0 Å². The molecule has 2 heterocycles. The van der Waals surface area contributed by atoms with Crippen molar-refractivity contribution in [3.8, 4) is 100 Å². The van der Waals surface area contributed by atoms with Gasteiger partial charge < -0.3 is 18.9 Å². The van der Waals surface area contributed by atoms with E-state index in [0.717, 1.165) is 45.5 Å². The lowest BCUT2D eigenvalue weighted by molar-refractivity contribution is 1.18. The number of para-hydroxylation sites is 5. The average molecular weight is 1430 g/mol. The van der Waals surface area contributed by atoms with Crippen LogP contribution in [0.15, 0.2) is 461 Å². The highest BCUT2D eigenvalue weighted by Gasteiger charge is 2.21. The Labute approximate surface area is 653 Å². The lowest BCUT2D eigenvalue weighted by Crippen LogP contribution is -2.11. The second-order valence-corrected chi connectivity index (χ2v) is 28.4. The van der Waals surface area contributed by atoms with E-state index in [9.17, 15) is 0 Å². The van der Waals surface area contributed by atoms with Gasteiger partial charge in [0.15, 0.2) is 0 Å². The minimum Gasteiger partial charge on any atom is -0.310 e. The SMILES string of the molecule is c1ccc(-c2ccc(-c3cccc(N(c4ccc(-c5ccccc5)cc4)c4ccc(-c5cccc(-n6c7ccccc7c7ccccc76)c5)cc4)c3)cc2)cc1.c1ccc(-c2ccc(-c3ccccc3N(c3ccc(-c4ccccc4)cc3)c3ccc(-c4cccc(-n5c6ccccc6c6ccccc65)c4)cc3)cc2)cc1. The van der Waals surface area contributed by atoms with Crippen molar-refractivity contribution >= 4 is 77.7 Å². The van der Waals surface area contributed by atoms with Crippen LogP contribution in [-0.4, -0.2) is 9.13 Å². The molecule has 18 aromatic carbocycles. The second kappa shape index (κ2) is 30.4. The van der Waals surface area contributed by atoms with E-state index in [4.69, 9.17) is 0 Å². The molecule has 4 heteroatoms. The minimum absolute atomic E-state index is 1.09. The third-order valence-electron chi connectivity index (χ3n) is 21.6. The monoisotopic (exact) mass is 1430 g/mol. The summed E-state index contributed by atoms with van der Waals surface area (Å²) in [5, 5.41) is 5.07. The second-order valence-electron chi connectivity index (χ2n) is 28.4. The first-order chi connectivity index (χ1) is 55.5. The van der Waals surface area contributed by atoms with Gasteiger partial charge in [-0.1, -0.05) is 346 Å². The number of hydrogen-bond donors (Lipinski definition) is 0. The highest BCUT2D eigenvalue weighted by molar-refractivity contribution is 6.10. The van der Waals surface area contributed by atoms with Crippen molar-refractivity contribution in [2.24, 2.45) is 0 Å². The number of nitrogens with zero attached hydrogens (tertiary/aromatic N) is 4. The van der Waals surface area contributed by atoms with Crippen LogP contribution in [0.5, 0.6) is 0 Å². The van der Waals surface area contributed by atoms with Gasteiger partial charge in [0.2, 0.25) is 0 Å². The first-order valence-electron chi connectivity index (χ1n) is 38.4. The largest absolute Gasteiger partial charge is 0.310 e. The molecule has 2 aromatic heterocycles. The zero-order valence-electron chi connectivity index (χ0n) is 61.7. The third kappa shape index (κ3) is 13.5. The lowest BCUT2D eigenvalue weighted by atomic mass is 9.98. The molecule has 0 N–H and O–H groups in total. The van der Waals surface area contributed by atoms with Crippen molar-refractivity contribution in [3.63, 3.8) is 0 Å². The molecule has 0 saturated carbocycles. The zero-order chi connectivity index (χ0) is 74.5. The van der Waals surface area contributed by atoms with Crippen molar-refractivity contribution in [1.29, 1.82) is 0 Å². The van der Waals surface area contributed by atoms with Crippen molar-refractivity contribution in [3.05, 3.63) is 461 Å². The van der Waals surface area contributed by atoms with Crippen LogP contribution < -0.4 is 9.80 Å². The molecule has 0 atom stereocenters. The third-order valence-corrected chi connectivity index (χ3v) is 21.6. The van der Waals surface area contributed by atoms with Crippen molar-refractivity contribution < 1.29 is 0 Å². The molecule has 0 radical (unpaired) electrons. The van der Waals surface area contributed by atoms with Crippen molar-refractivity contribution in [1.82, 2.24) is 9.13 Å². The van der Waals surface area contributed by atoms with E-state index in [0.29, 0.717) is 0 Å². The number of hydrogen-bond acceptors (Lipinski definition) is 2. The molecular weight excluding hydrogens is 1350 g/mol. The summed E-state index contributed by atoms with van der Waals surface area (Å²) < 4.78 is 4.76. The van der Waals surface area contributed by atoms with Crippen molar-refractivity contribution in [2.45, 2.75) is 0 Å². The highest BCUT2D eigenvalue weighted by Crippen LogP contribution is 2.45. The van der Waals surface area contributed by atoms with Gasteiger partial charge in [-0.25, -0.2) is 0 Å². The van der Waals surface area contributed by atoms with Crippen LogP contribution in [0.2, 0.25) is 0 Å². The number of fused-ring (bicyclic) bond motifs is 6. The Morgan fingerprint density at radius 2 is 0.384 bits per heavy atom. The summed E-state index contributed by atoms with van der Waals surface area (Å²) >= 11 is 0. The quantitative estimate of drug-likeness (QED) is 0.0959. The summed E-state index contributed by atoms with van der Waals surface area (Å²) in [7, 11) is 0. The molecule has 0 aliphatic rings. The molecule has 0 spiro atoms. The molecule has 20 aromatic rings. The Morgan fingerprint density at radius 1 is 0.143 bits per heavy atom. The summed E-state index contributed by atoms with van der Waals surface area (Å²) in [6.45, 7) is 0. The predicted octanol–water partition coefficient (Wildman–Crippen LogP) is 29.8. The molecule has 20 rings (SSSR count). The van der Waals surface area contributed by atoms with E-state index >= 15 is 0 Å². The van der Waals surface area contributed by atoms with Crippen LogP contribution in [0.25, 0.3) is 144 Å². The van der Waals surface area contributed by atoms with Gasteiger partial charge in [-0.05, 0) is 199 Å². The standard InChI is InChI=1S/2C54H38N2/c1-3-14-39(15-4-1)41-26-28-44(29-27-41)49-20-7-10-23-52(49)55(46-34-30-42(31-35-46)40-16-5-2-6-17-40)47-36-32-43(33-37-47)45-18-13-19-48(38-45)56-53-24-11-8-21-50(53)51-22-9-12-25-54(51)56;1-3-13-39(14-4-1)41-25-27-43(28-26-41)45-17-11-19-49(37-45)55(47-33-29-42(30-34-47)40-15-5-2-6-16-40)48-35-31-44(32-36-48)46-18-12-20-50(38-46)56-53-23-9-7-21-51(53)52-22-8-10-24-54(52)56/h2*1-38H. The van der Waals surface area contributed by atoms with E-state index in [1.165, 1.54) is 133 Å². The Morgan fingerprint density at radius 3 is 0.732 bits per heavy atom. The predicted molar refractivity (Wildman–Crippen MR) is 474 cm³/mol. The molecule has 4 nitrogen and oxygen atoms in total. The molecule has 0 amide bonds. The maximum atomic E-state index is 2.38. The average Bonchev–Trinajstić information content (AvgIpc) is 1.59. The molecule has 112 heavy (non-hydrogen) atoms. The van der Waals surface area contributed by atoms with Gasteiger partial charge in [0.25, 0.3) is 0 Å². The fourth-order valence-electron chi connectivity index (χ4n) is 16.1. The molecule has 0 unspecified atom stereocenters. The molecule has 0 saturated heterocycles. The van der Waals surface area contributed by atoms with Gasteiger partial charge in [0.05, 0.1) is 27.8 Å². The van der Waals surface area contributed by atoms with E-state index < -0.39 is 0 Å².